The first-order valence-electron chi connectivity index (χ1n) is 9.30. The molecule has 1 fully saturated rings. The standard InChI is InChI=1S/C21H27N3O2/c1-15(2)26-19-6-4-17(5-7-19)23-18-8-11-22-20(14-18)21(25)24-12-9-16(3)10-13-24/h4-8,11,14-16H,9-10,12-13H2,1-3H3,(H,22,23). The Morgan fingerprint density at radius 1 is 1.15 bits per heavy atom. The first kappa shape index (κ1) is 18.2. The van der Waals surface area contributed by atoms with Crippen LogP contribution in [0.4, 0.5) is 11.4 Å². The maximum atomic E-state index is 12.7. The van der Waals surface area contributed by atoms with Crippen molar-refractivity contribution < 1.29 is 9.53 Å². The van der Waals surface area contributed by atoms with E-state index in [0.717, 1.165) is 43.1 Å². The van der Waals surface area contributed by atoms with Crippen molar-refractivity contribution in [3.63, 3.8) is 0 Å². The van der Waals surface area contributed by atoms with Crippen LogP contribution in [0.2, 0.25) is 0 Å². The van der Waals surface area contributed by atoms with Crippen LogP contribution in [-0.4, -0.2) is 35.0 Å². The van der Waals surface area contributed by atoms with Gasteiger partial charge in [0, 0.05) is 30.7 Å². The van der Waals surface area contributed by atoms with E-state index in [4.69, 9.17) is 4.74 Å². The number of benzene rings is 1. The fraction of sp³-hybridized carbons (Fsp3) is 0.429. The molecule has 0 atom stereocenters. The average molecular weight is 353 g/mol. The maximum Gasteiger partial charge on any atom is 0.272 e. The number of likely N-dealkylation sites (tertiary alicyclic amines) is 1. The molecule has 2 heterocycles. The number of piperidine rings is 1. The van der Waals surface area contributed by atoms with E-state index in [1.54, 1.807) is 6.20 Å². The Hall–Kier alpha value is -2.56. The number of hydrogen-bond donors (Lipinski definition) is 1. The monoisotopic (exact) mass is 353 g/mol. The van der Waals surface area contributed by atoms with Gasteiger partial charge in [-0.15, -0.1) is 0 Å². The molecule has 1 aromatic heterocycles. The molecule has 3 rings (SSSR count). The van der Waals surface area contributed by atoms with E-state index in [0.29, 0.717) is 11.6 Å². The quantitative estimate of drug-likeness (QED) is 0.861. The van der Waals surface area contributed by atoms with Gasteiger partial charge in [-0.25, -0.2) is 0 Å². The molecular weight excluding hydrogens is 326 g/mol. The summed E-state index contributed by atoms with van der Waals surface area (Å²) >= 11 is 0. The lowest BCUT2D eigenvalue weighted by molar-refractivity contribution is 0.0691. The lowest BCUT2D eigenvalue weighted by atomic mass is 9.99. The second-order valence-corrected chi connectivity index (χ2v) is 7.22. The Balaban J connectivity index is 1.66. The summed E-state index contributed by atoms with van der Waals surface area (Å²) in [5, 5.41) is 3.32. The molecule has 1 aliphatic heterocycles. The van der Waals surface area contributed by atoms with Crippen molar-refractivity contribution in [2.75, 3.05) is 18.4 Å². The second kappa shape index (κ2) is 8.21. The third-order valence-electron chi connectivity index (χ3n) is 4.56. The Labute approximate surface area is 155 Å². The van der Waals surface area contributed by atoms with Gasteiger partial charge >= 0.3 is 0 Å². The third kappa shape index (κ3) is 4.75. The molecule has 0 spiro atoms. The predicted octanol–water partition coefficient (Wildman–Crippen LogP) is 4.48. The highest BCUT2D eigenvalue weighted by atomic mass is 16.5. The average Bonchev–Trinajstić information content (AvgIpc) is 2.63. The lowest BCUT2D eigenvalue weighted by Crippen LogP contribution is -2.38. The van der Waals surface area contributed by atoms with Crippen LogP contribution in [-0.2, 0) is 0 Å². The zero-order valence-corrected chi connectivity index (χ0v) is 15.7. The van der Waals surface area contributed by atoms with Gasteiger partial charge in [0.25, 0.3) is 5.91 Å². The molecule has 138 valence electrons. The lowest BCUT2D eigenvalue weighted by Gasteiger charge is -2.30. The molecular formula is C21H27N3O2. The number of aromatic nitrogens is 1. The molecule has 5 heteroatoms. The molecule has 0 unspecified atom stereocenters. The highest BCUT2D eigenvalue weighted by Crippen LogP contribution is 2.22. The Bertz CT molecular complexity index is 735. The van der Waals surface area contributed by atoms with Crippen molar-refractivity contribution in [2.24, 2.45) is 5.92 Å². The van der Waals surface area contributed by atoms with Gasteiger partial charge in [0.05, 0.1) is 6.10 Å². The second-order valence-electron chi connectivity index (χ2n) is 7.22. The Morgan fingerprint density at radius 2 is 1.85 bits per heavy atom. The molecule has 1 aromatic carbocycles. The van der Waals surface area contributed by atoms with E-state index in [1.807, 2.05) is 55.1 Å². The number of carbonyl (C=O) groups excluding carboxylic acids is 1. The number of ether oxygens (including phenoxy) is 1. The molecule has 1 saturated heterocycles. The summed E-state index contributed by atoms with van der Waals surface area (Å²) in [7, 11) is 0. The SMILES string of the molecule is CC1CCN(C(=O)c2cc(Nc3ccc(OC(C)C)cc3)ccn2)CC1. The van der Waals surface area contributed by atoms with Crippen molar-refractivity contribution in [3.8, 4) is 5.75 Å². The van der Waals surface area contributed by atoms with E-state index < -0.39 is 0 Å². The minimum absolute atomic E-state index is 0.0150. The van der Waals surface area contributed by atoms with E-state index in [2.05, 4.69) is 17.2 Å². The zero-order valence-electron chi connectivity index (χ0n) is 15.7. The molecule has 26 heavy (non-hydrogen) atoms. The van der Waals surface area contributed by atoms with Gasteiger partial charge in [-0.05, 0) is 69.0 Å². The number of anilines is 2. The molecule has 1 N–H and O–H groups in total. The Morgan fingerprint density at radius 3 is 2.50 bits per heavy atom. The first-order valence-corrected chi connectivity index (χ1v) is 9.30. The van der Waals surface area contributed by atoms with Crippen LogP contribution in [0.15, 0.2) is 42.6 Å². The smallest absolute Gasteiger partial charge is 0.272 e. The minimum atomic E-state index is 0.0150. The molecule has 0 radical (unpaired) electrons. The van der Waals surface area contributed by atoms with Crippen LogP contribution in [0.3, 0.4) is 0 Å². The topological polar surface area (TPSA) is 54.5 Å². The molecule has 5 nitrogen and oxygen atoms in total. The van der Waals surface area contributed by atoms with Crippen molar-refractivity contribution in [3.05, 3.63) is 48.3 Å². The number of rotatable bonds is 5. The van der Waals surface area contributed by atoms with E-state index in [9.17, 15) is 4.79 Å². The Kier molecular flexibility index (Phi) is 5.76. The van der Waals surface area contributed by atoms with Gasteiger partial charge in [-0.1, -0.05) is 6.92 Å². The molecule has 2 aromatic rings. The highest BCUT2D eigenvalue weighted by Gasteiger charge is 2.22. The van der Waals surface area contributed by atoms with Gasteiger partial charge in [0.2, 0.25) is 0 Å². The van der Waals surface area contributed by atoms with Crippen molar-refractivity contribution in [1.29, 1.82) is 0 Å². The molecule has 0 saturated carbocycles. The number of hydrogen-bond acceptors (Lipinski definition) is 4. The van der Waals surface area contributed by atoms with Crippen molar-refractivity contribution in [2.45, 2.75) is 39.7 Å². The van der Waals surface area contributed by atoms with Crippen LogP contribution in [0.25, 0.3) is 0 Å². The van der Waals surface area contributed by atoms with Crippen LogP contribution in [0, 0.1) is 5.92 Å². The van der Waals surface area contributed by atoms with Crippen molar-refractivity contribution in [1.82, 2.24) is 9.88 Å². The fourth-order valence-electron chi connectivity index (χ4n) is 3.05. The van der Waals surface area contributed by atoms with E-state index in [-0.39, 0.29) is 12.0 Å². The first-order chi connectivity index (χ1) is 12.5. The number of amides is 1. The van der Waals surface area contributed by atoms with Gasteiger partial charge in [0.15, 0.2) is 0 Å². The molecule has 1 amide bonds. The van der Waals surface area contributed by atoms with Gasteiger partial charge in [0.1, 0.15) is 11.4 Å². The van der Waals surface area contributed by atoms with Crippen LogP contribution in [0.5, 0.6) is 5.75 Å². The summed E-state index contributed by atoms with van der Waals surface area (Å²) in [4.78, 5) is 18.9. The summed E-state index contributed by atoms with van der Waals surface area (Å²) in [5.74, 6) is 1.55. The van der Waals surface area contributed by atoms with E-state index >= 15 is 0 Å². The summed E-state index contributed by atoms with van der Waals surface area (Å²) in [6, 6.07) is 11.5. The van der Waals surface area contributed by atoms with Gasteiger partial charge in [-0.3, -0.25) is 9.78 Å². The molecule has 1 aliphatic rings. The maximum absolute atomic E-state index is 12.7. The van der Waals surface area contributed by atoms with Crippen LogP contribution >= 0.6 is 0 Å². The number of nitrogens with one attached hydrogen (secondary N) is 1. The summed E-state index contributed by atoms with van der Waals surface area (Å²) < 4.78 is 5.66. The summed E-state index contributed by atoms with van der Waals surface area (Å²) in [5.41, 5.74) is 2.29. The van der Waals surface area contributed by atoms with Crippen LogP contribution < -0.4 is 10.1 Å². The van der Waals surface area contributed by atoms with E-state index in [1.165, 1.54) is 0 Å². The largest absolute Gasteiger partial charge is 0.491 e. The zero-order chi connectivity index (χ0) is 18.5. The van der Waals surface area contributed by atoms with Gasteiger partial charge in [-0.2, -0.15) is 0 Å². The van der Waals surface area contributed by atoms with Crippen LogP contribution in [0.1, 0.15) is 44.1 Å². The van der Waals surface area contributed by atoms with Gasteiger partial charge < -0.3 is 15.0 Å². The highest BCUT2D eigenvalue weighted by molar-refractivity contribution is 5.93. The fourth-order valence-corrected chi connectivity index (χ4v) is 3.05. The predicted molar refractivity (Wildman–Crippen MR) is 104 cm³/mol. The normalized spacial score (nSPS) is 15.2. The molecule has 0 aliphatic carbocycles. The summed E-state index contributed by atoms with van der Waals surface area (Å²) in [6.45, 7) is 7.88. The number of pyridine rings is 1. The number of carbonyl (C=O) groups is 1. The van der Waals surface area contributed by atoms with Crippen molar-refractivity contribution >= 4 is 17.3 Å². The summed E-state index contributed by atoms with van der Waals surface area (Å²) in [6.07, 6.45) is 3.96. The molecule has 0 bridgehead atoms. The third-order valence-corrected chi connectivity index (χ3v) is 4.56. The minimum Gasteiger partial charge on any atom is -0.491 e. The number of nitrogens with zero attached hydrogens (tertiary/aromatic N) is 2.